The van der Waals surface area contributed by atoms with Crippen LogP contribution in [-0.4, -0.2) is 45.7 Å². The van der Waals surface area contributed by atoms with Gasteiger partial charge in [-0.3, -0.25) is 0 Å². The first-order valence-electron chi connectivity index (χ1n) is 2.98. The molecule has 11 heteroatoms. The second-order valence-electron chi connectivity index (χ2n) is 1.73. The molecule has 82 valence electrons. The normalized spacial score (nSPS) is 10.4. The molecule has 0 spiro atoms. The Hall–Kier alpha value is 0.752. The smallest absolute Gasteiger partial charge is 0.303 e. The summed E-state index contributed by atoms with van der Waals surface area (Å²) < 4.78 is 17.8. The van der Waals surface area contributed by atoms with Gasteiger partial charge >= 0.3 is 15.6 Å². The van der Waals surface area contributed by atoms with Gasteiger partial charge in [0.05, 0.1) is 0 Å². The van der Waals surface area contributed by atoms with Crippen molar-refractivity contribution < 1.29 is 38.5 Å². The largest absolute Gasteiger partial charge is 0.466 e. The van der Waals surface area contributed by atoms with E-state index in [9.17, 15) is 0 Å². The summed E-state index contributed by atoms with van der Waals surface area (Å²) in [7, 11) is -9.28. The van der Waals surface area contributed by atoms with Gasteiger partial charge in [0.1, 0.15) is 0 Å². The Bertz CT molecular complexity index is 144. The lowest BCUT2D eigenvalue weighted by atomic mass is 11.0. The topological polar surface area (TPSA) is 156 Å². The van der Waals surface area contributed by atoms with Crippen molar-refractivity contribution in [2.45, 2.75) is 12.2 Å². The maximum atomic E-state index is 8.88. The van der Waals surface area contributed by atoms with Crippen molar-refractivity contribution in [1.82, 2.24) is 0 Å². The monoisotopic (exact) mass is 254 g/mol. The minimum atomic E-state index is -4.64. The van der Waals surface area contributed by atoms with Crippen LogP contribution in [0, 0.1) is 0 Å². The van der Waals surface area contributed by atoms with Gasteiger partial charge < -0.3 is 29.4 Å². The lowest BCUT2D eigenvalue weighted by Gasteiger charge is -1.82. The second kappa shape index (κ2) is 9.31. The molecule has 0 fully saturated rings. The van der Waals surface area contributed by atoms with Crippen molar-refractivity contribution in [3.63, 3.8) is 0 Å². The van der Waals surface area contributed by atoms with Crippen molar-refractivity contribution in [1.29, 1.82) is 0 Å². The average Bonchev–Trinajstić information content (AvgIpc) is 1.52. The molecule has 0 aromatic rings. The van der Waals surface area contributed by atoms with E-state index < -0.39 is 15.6 Å². The molecular weight excluding hydrogens is 241 g/mol. The van der Waals surface area contributed by atoms with E-state index in [0.29, 0.717) is 0 Å². The summed E-state index contributed by atoms with van der Waals surface area (Å²) in [6.45, 7) is 2.19. The third kappa shape index (κ3) is 2600. The Morgan fingerprint density at radius 1 is 0.923 bits per heavy atom. The molecule has 0 heterocycles. The summed E-state index contributed by atoms with van der Waals surface area (Å²) in [6, 6.07) is 0. The molecule has 0 rings (SSSR count). The molecule has 0 atom stereocenters. The van der Waals surface area contributed by atoms with Gasteiger partial charge in [0.15, 0.2) is 0 Å². The predicted molar refractivity (Wildman–Crippen MR) is 47.6 cm³/mol. The summed E-state index contributed by atoms with van der Waals surface area (Å²) in [5.41, 5.74) is 0. The third-order valence-corrected chi connectivity index (χ3v) is 0. The molecule has 0 aliphatic rings. The molecule has 0 radical (unpaired) electrons. The van der Waals surface area contributed by atoms with Crippen LogP contribution in [0.5, 0.6) is 0 Å². The van der Waals surface area contributed by atoms with Crippen LogP contribution in [0.4, 0.5) is 0 Å². The zero-order chi connectivity index (χ0) is 11.7. The van der Waals surface area contributed by atoms with Crippen LogP contribution in [0.15, 0.2) is 0 Å². The first kappa shape index (κ1) is 19.3. The summed E-state index contributed by atoms with van der Waals surface area (Å²) in [5.74, 6) is 0. The summed E-state index contributed by atoms with van der Waals surface area (Å²) in [6.07, 6.45) is 0. The van der Waals surface area contributed by atoms with E-state index in [1.807, 2.05) is 0 Å². The van der Waals surface area contributed by atoms with Crippen molar-refractivity contribution in [2.75, 3.05) is 0 Å². The highest BCUT2D eigenvalue weighted by molar-refractivity contribution is 7.45. The molecule has 0 aliphatic heterocycles. The van der Waals surface area contributed by atoms with E-state index in [-0.39, 0.29) is 0 Å². The number of hydrogen-bond donors (Lipinski definition) is 6. The Morgan fingerprint density at radius 2 is 0.923 bits per heavy atom. The third-order valence-electron chi connectivity index (χ3n) is 0. The van der Waals surface area contributed by atoms with E-state index in [0.717, 1.165) is 0 Å². The fourth-order valence-electron chi connectivity index (χ4n) is 0. The van der Waals surface area contributed by atoms with Crippen molar-refractivity contribution in [3.8, 4) is 0 Å². The highest BCUT2D eigenvalue weighted by Gasteiger charge is 2.00. The number of phosphoric acid groups is 2. The highest BCUT2D eigenvalue weighted by atomic mass is 31.2. The first-order chi connectivity index (χ1) is 5.41. The molecule has 0 bridgehead atoms. The summed E-state index contributed by atoms with van der Waals surface area (Å²) >= 11 is 1.37. The summed E-state index contributed by atoms with van der Waals surface area (Å²) in [4.78, 5) is 43.1. The van der Waals surface area contributed by atoms with Gasteiger partial charge in [-0.25, -0.2) is 9.13 Å². The van der Waals surface area contributed by atoms with Gasteiger partial charge in [-0.15, -0.1) is 5.28 Å². The average molecular weight is 254 g/mol. The molecule has 0 aliphatic carbocycles. The van der Waals surface area contributed by atoms with Gasteiger partial charge in [-0.1, -0.05) is 6.92 Å². The fourth-order valence-corrected chi connectivity index (χ4v) is 0. The Labute approximate surface area is 83.1 Å². The van der Waals surface area contributed by atoms with Crippen LogP contribution in [-0.2, 0) is 9.13 Å². The Kier molecular flexibility index (Phi) is 13.9. The number of rotatable bonds is 0. The molecule has 0 aromatic carbocycles. The molecule has 8 nitrogen and oxygen atoms in total. The van der Waals surface area contributed by atoms with Crippen LogP contribution >= 0.6 is 15.6 Å². The Balaban J connectivity index is -0.000000120. The molecule has 0 saturated heterocycles. The lowest BCUT2D eigenvalue weighted by Crippen LogP contribution is -1.66. The van der Waals surface area contributed by atoms with Crippen LogP contribution in [0.2, 0.25) is 5.28 Å². The predicted octanol–water partition coefficient (Wildman–Crippen LogP) is -1.80. The standard InChI is InChI=1S/C2H5.Al.2H3O4P.2H/c1-2;;2*1-5(2,3)4;;/h1H2,2H3;;2*(H3,1,2,3,4);;. The second-order valence-corrected chi connectivity index (χ2v) is 5.20. The maximum Gasteiger partial charge on any atom is 0.466 e. The molecular formula is C2H13AlO8P2. The molecule has 0 saturated carbocycles. The van der Waals surface area contributed by atoms with E-state index in [4.69, 9.17) is 38.5 Å². The van der Waals surface area contributed by atoms with Crippen LogP contribution in [0.3, 0.4) is 0 Å². The van der Waals surface area contributed by atoms with Crippen LogP contribution in [0.1, 0.15) is 6.92 Å². The van der Waals surface area contributed by atoms with Gasteiger partial charge in [0, 0.05) is 0 Å². The van der Waals surface area contributed by atoms with E-state index in [1.165, 1.54) is 21.6 Å². The minimum Gasteiger partial charge on any atom is -0.303 e. The Morgan fingerprint density at radius 3 is 0.923 bits per heavy atom. The zero-order valence-corrected chi connectivity index (χ0v) is 10.9. The van der Waals surface area contributed by atoms with Crippen molar-refractivity contribution >= 4 is 31.9 Å². The van der Waals surface area contributed by atoms with Crippen molar-refractivity contribution in [2.24, 2.45) is 0 Å². The van der Waals surface area contributed by atoms with E-state index in [1.54, 1.807) is 0 Å². The molecule has 13 heavy (non-hydrogen) atoms. The van der Waals surface area contributed by atoms with Crippen molar-refractivity contribution in [3.05, 3.63) is 0 Å². The highest BCUT2D eigenvalue weighted by Crippen LogP contribution is 2.26. The van der Waals surface area contributed by atoms with Gasteiger partial charge in [0.2, 0.25) is 16.3 Å². The van der Waals surface area contributed by atoms with Crippen LogP contribution < -0.4 is 0 Å². The quantitative estimate of drug-likeness (QED) is 0.218. The molecule has 0 aromatic heterocycles. The lowest BCUT2D eigenvalue weighted by molar-refractivity contribution is 0.272. The maximum absolute atomic E-state index is 8.88. The van der Waals surface area contributed by atoms with E-state index >= 15 is 0 Å². The SMILES string of the molecule is C[CH2][AlH2].O=P(O)(O)O.O=P(O)(O)O. The first-order valence-corrected chi connectivity index (χ1v) is 7.52. The van der Waals surface area contributed by atoms with Gasteiger partial charge in [-0.05, 0) is 0 Å². The van der Waals surface area contributed by atoms with Gasteiger partial charge in [0.25, 0.3) is 0 Å². The number of hydrogen-bond acceptors (Lipinski definition) is 2. The zero-order valence-electron chi connectivity index (χ0n) is 7.10. The van der Waals surface area contributed by atoms with E-state index in [2.05, 4.69) is 6.92 Å². The molecule has 0 amide bonds. The fraction of sp³-hybridized carbons (Fsp3) is 1.00. The minimum absolute atomic E-state index is 1.37. The molecule has 0 unspecified atom stereocenters. The molecule has 6 N–H and O–H groups in total. The van der Waals surface area contributed by atoms with Crippen LogP contribution in [0.25, 0.3) is 0 Å². The summed E-state index contributed by atoms with van der Waals surface area (Å²) in [5, 5.41) is 1.39. The van der Waals surface area contributed by atoms with Gasteiger partial charge in [-0.2, -0.15) is 0 Å².